The molecule has 25 heavy (non-hydrogen) atoms. The highest BCUT2D eigenvalue weighted by atomic mass is 35.5. The van der Waals surface area contributed by atoms with Gasteiger partial charge in [0.25, 0.3) is 0 Å². The largest absolute Gasteiger partial charge is 0.348 e. The van der Waals surface area contributed by atoms with Gasteiger partial charge in [0.2, 0.25) is 0 Å². The highest BCUT2D eigenvalue weighted by Gasteiger charge is 2.30. The molecule has 5 heteroatoms. The Morgan fingerprint density at radius 1 is 1.00 bits per heavy atom. The molecule has 0 radical (unpaired) electrons. The minimum Gasteiger partial charge on any atom is -0.348 e. The van der Waals surface area contributed by atoms with Crippen LogP contribution < -0.4 is 5.32 Å². The SMILES string of the molecule is S=C(Nc1cccc(Cl)c1)N1CCn2cccc2C1c1ccccc1. The number of hydrogen-bond acceptors (Lipinski definition) is 1. The van der Waals surface area contributed by atoms with E-state index in [1.807, 2.05) is 30.3 Å². The molecule has 126 valence electrons. The third-order valence-electron chi connectivity index (χ3n) is 4.49. The van der Waals surface area contributed by atoms with Crippen LogP contribution in [-0.4, -0.2) is 21.1 Å². The molecule has 4 rings (SSSR count). The maximum Gasteiger partial charge on any atom is 0.174 e. The number of aromatic nitrogens is 1. The normalized spacial score (nSPS) is 16.4. The summed E-state index contributed by atoms with van der Waals surface area (Å²) in [4.78, 5) is 2.25. The van der Waals surface area contributed by atoms with Crippen LogP contribution in [0.25, 0.3) is 0 Å². The third kappa shape index (κ3) is 3.28. The smallest absolute Gasteiger partial charge is 0.174 e. The Bertz CT molecular complexity index is 891. The number of halogens is 1. The van der Waals surface area contributed by atoms with E-state index in [9.17, 15) is 0 Å². The van der Waals surface area contributed by atoms with E-state index >= 15 is 0 Å². The van der Waals surface area contributed by atoms with Gasteiger partial charge in [-0.05, 0) is 48.1 Å². The molecule has 1 aliphatic heterocycles. The lowest BCUT2D eigenvalue weighted by atomic mass is 10.0. The van der Waals surface area contributed by atoms with Crippen LogP contribution in [0.2, 0.25) is 5.02 Å². The van der Waals surface area contributed by atoms with Crippen molar-refractivity contribution >= 4 is 34.6 Å². The molecule has 3 nitrogen and oxygen atoms in total. The van der Waals surface area contributed by atoms with Gasteiger partial charge < -0.3 is 14.8 Å². The van der Waals surface area contributed by atoms with Gasteiger partial charge in [-0.3, -0.25) is 0 Å². The molecule has 0 amide bonds. The standard InChI is InChI=1S/C20H18ClN3S/c21-16-8-4-9-17(14-16)22-20(25)24-13-12-23-11-5-10-18(23)19(24)15-6-2-1-3-7-15/h1-11,14,19H,12-13H2,(H,22,25). The molecule has 0 fully saturated rings. The van der Waals surface area contributed by atoms with E-state index in [2.05, 4.69) is 57.4 Å². The van der Waals surface area contributed by atoms with Crippen LogP contribution in [0.5, 0.6) is 0 Å². The van der Waals surface area contributed by atoms with Crippen LogP contribution in [-0.2, 0) is 6.54 Å². The second-order valence-electron chi connectivity index (χ2n) is 6.07. The van der Waals surface area contributed by atoms with Crippen molar-refractivity contribution in [1.82, 2.24) is 9.47 Å². The molecule has 0 spiro atoms. The number of hydrogen-bond donors (Lipinski definition) is 1. The summed E-state index contributed by atoms with van der Waals surface area (Å²) in [7, 11) is 0. The average Bonchev–Trinajstić information content (AvgIpc) is 3.10. The Hall–Kier alpha value is -2.30. The molecule has 1 unspecified atom stereocenters. The van der Waals surface area contributed by atoms with E-state index in [0.29, 0.717) is 10.1 Å². The first-order valence-corrected chi connectivity index (χ1v) is 9.04. The molecule has 1 atom stereocenters. The molecule has 2 aromatic carbocycles. The summed E-state index contributed by atoms with van der Waals surface area (Å²) in [5.74, 6) is 0. The lowest BCUT2D eigenvalue weighted by molar-refractivity contribution is 0.293. The van der Waals surface area contributed by atoms with Gasteiger partial charge >= 0.3 is 0 Å². The summed E-state index contributed by atoms with van der Waals surface area (Å²) < 4.78 is 2.30. The lowest BCUT2D eigenvalue weighted by Gasteiger charge is -2.39. The first kappa shape index (κ1) is 16.2. The zero-order valence-electron chi connectivity index (χ0n) is 13.6. The second-order valence-corrected chi connectivity index (χ2v) is 6.90. The van der Waals surface area contributed by atoms with Gasteiger partial charge in [0.1, 0.15) is 0 Å². The summed E-state index contributed by atoms with van der Waals surface area (Å²) >= 11 is 11.8. The number of rotatable bonds is 2. The summed E-state index contributed by atoms with van der Waals surface area (Å²) in [6.07, 6.45) is 2.13. The first-order valence-electron chi connectivity index (χ1n) is 8.25. The van der Waals surface area contributed by atoms with Gasteiger partial charge in [0, 0.05) is 35.7 Å². The van der Waals surface area contributed by atoms with Gasteiger partial charge in [0.15, 0.2) is 5.11 Å². The fourth-order valence-electron chi connectivity index (χ4n) is 3.35. The number of nitrogens with one attached hydrogen (secondary N) is 1. The number of thiocarbonyl (C=S) groups is 1. The van der Waals surface area contributed by atoms with Crippen molar-refractivity contribution in [2.45, 2.75) is 12.6 Å². The summed E-state index contributed by atoms with van der Waals surface area (Å²) in [5.41, 5.74) is 3.40. The fraction of sp³-hybridized carbons (Fsp3) is 0.150. The zero-order valence-corrected chi connectivity index (χ0v) is 15.2. The maximum atomic E-state index is 6.09. The predicted molar refractivity (Wildman–Crippen MR) is 107 cm³/mol. The van der Waals surface area contributed by atoms with Gasteiger partial charge in [-0.25, -0.2) is 0 Å². The summed E-state index contributed by atoms with van der Waals surface area (Å²) in [5, 5.41) is 4.74. The van der Waals surface area contributed by atoms with Crippen LogP contribution in [0, 0.1) is 0 Å². The quantitative estimate of drug-likeness (QED) is 0.647. The Kier molecular flexibility index (Phi) is 4.47. The highest BCUT2D eigenvalue weighted by Crippen LogP contribution is 2.33. The number of benzene rings is 2. The third-order valence-corrected chi connectivity index (χ3v) is 5.06. The van der Waals surface area contributed by atoms with E-state index in [1.54, 1.807) is 0 Å². The topological polar surface area (TPSA) is 20.2 Å². The number of fused-ring (bicyclic) bond motifs is 1. The minimum atomic E-state index is 0.101. The van der Waals surface area contributed by atoms with Gasteiger partial charge in [-0.1, -0.05) is 48.0 Å². The molecule has 3 aromatic rings. The molecule has 1 aliphatic rings. The lowest BCUT2D eigenvalue weighted by Crippen LogP contribution is -2.44. The van der Waals surface area contributed by atoms with E-state index in [1.165, 1.54) is 11.3 Å². The van der Waals surface area contributed by atoms with Crippen LogP contribution in [0.3, 0.4) is 0 Å². The van der Waals surface area contributed by atoms with Crippen molar-refractivity contribution < 1.29 is 0 Å². The van der Waals surface area contributed by atoms with Crippen molar-refractivity contribution in [3.63, 3.8) is 0 Å². The Balaban J connectivity index is 1.66. The molecular weight excluding hydrogens is 350 g/mol. The Morgan fingerprint density at radius 3 is 2.64 bits per heavy atom. The van der Waals surface area contributed by atoms with Crippen LogP contribution in [0.1, 0.15) is 17.3 Å². The molecular formula is C20H18ClN3S. The number of nitrogens with zero attached hydrogens (tertiary/aromatic N) is 2. The molecule has 0 saturated heterocycles. The van der Waals surface area contributed by atoms with Crippen molar-refractivity contribution in [1.29, 1.82) is 0 Å². The summed E-state index contributed by atoms with van der Waals surface area (Å²) in [6.45, 7) is 1.77. The predicted octanol–water partition coefficient (Wildman–Crippen LogP) is 4.94. The Labute approximate surface area is 157 Å². The molecule has 2 heterocycles. The van der Waals surface area contributed by atoms with E-state index in [0.717, 1.165) is 18.8 Å². The zero-order chi connectivity index (χ0) is 17.2. The van der Waals surface area contributed by atoms with Crippen LogP contribution in [0.15, 0.2) is 72.9 Å². The fourth-order valence-corrected chi connectivity index (χ4v) is 3.85. The maximum absolute atomic E-state index is 6.09. The molecule has 0 saturated carbocycles. The van der Waals surface area contributed by atoms with Crippen LogP contribution >= 0.6 is 23.8 Å². The average molecular weight is 368 g/mol. The van der Waals surface area contributed by atoms with Gasteiger partial charge in [-0.15, -0.1) is 0 Å². The van der Waals surface area contributed by atoms with E-state index in [-0.39, 0.29) is 6.04 Å². The number of anilines is 1. The van der Waals surface area contributed by atoms with Crippen molar-refractivity contribution in [3.05, 3.63) is 89.2 Å². The van der Waals surface area contributed by atoms with Crippen LogP contribution in [0.4, 0.5) is 5.69 Å². The van der Waals surface area contributed by atoms with Crippen molar-refractivity contribution in [2.75, 3.05) is 11.9 Å². The molecule has 1 aromatic heterocycles. The minimum absolute atomic E-state index is 0.101. The highest BCUT2D eigenvalue weighted by molar-refractivity contribution is 7.80. The summed E-state index contributed by atoms with van der Waals surface area (Å²) in [6, 6.07) is 22.5. The van der Waals surface area contributed by atoms with E-state index in [4.69, 9.17) is 23.8 Å². The van der Waals surface area contributed by atoms with Crippen molar-refractivity contribution in [3.8, 4) is 0 Å². The Morgan fingerprint density at radius 2 is 1.84 bits per heavy atom. The first-order chi connectivity index (χ1) is 12.2. The second kappa shape index (κ2) is 6.90. The van der Waals surface area contributed by atoms with Gasteiger partial charge in [0.05, 0.1) is 6.04 Å². The van der Waals surface area contributed by atoms with Crippen molar-refractivity contribution in [2.24, 2.45) is 0 Å². The monoisotopic (exact) mass is 367 g/mol. The van der Waals surface area contributed by atoms with Gasteiger partial charge in [-0.2, -0.15) is 0 Å². The molecule has 0 bridgehead atoms. The molecule has 1 N–H and O–H groups in total. The molecule has 0 aliphatic carbocycles. The van der Waals surface area contributed by atoms with E-state index < -0.39 is 0 Å².